The lowest BCUT2D eigenvalue weighted by Crippen LogP contribution is -2.61. The first-order chi connectivity index (χ1) is 23.3. The highest BCUT2D eigenvalue weighted by Crippen LogP contribution is 2.70. The molecule has 11 rings (SSSR count). The maximum atomic E-state index is 6.82. The molecule has 1 nitrogen and oxygen atoms in total. The Bertz CT molecular complexity index is 1940. The molecule has 1 heteroatoms. The summed E-state index contributed by atoms with van der Waals surface area (Å²) in [6.45, 7) is 0. The van der Waals surface area contributed by atoms with Crippen molar-refractivity contribution in [2.45, 2.75) is 89.4 Å². The van der Waals surface area contributed by atoms with Crippen molar-refractivity contribution in [2.75, 3.05) is 0 Å². The van der Waals surface area contributed by atoms with Crippen molar-refractivity contribution in [1.82, 2.24) is 0 Å². The largest absolute Gasteiger partial charge is 0.455 e. The van der Waals surface area contributed by atoms with E-state index in [2.05, 4.69) is 78.9 Å². The molecule has 0 spiro atoms. The SMILES string of the molecule is c1cc(-c2cccc3c2oc2c4ccccc4ccc32)cc(C2CC3C4CCCCC4C4CCCC5C6CCCCC6C(C2)C3C45)c1. The van der Waals surface area contributed by atoms with E-state index < -0.39 is 0 Å². The standard InChI is InChI=1S/C46H50O/c1-2-13-31-27(10-1)22-23-40-39-21-8-18-32(46(39)47-45(31)40)29-12-7-11-28(24-29)30-25-41-35-16-5-3-14-33(35)37-19-9-20-38-34-15-4-6-17-36(34)42(26-30)44(41)43(37)38/h1-2,7-8,10-13,18,21-24,30,33-38,41-44H,3-6,9,14-17,19-20,25-26H2. The third-order valence-electron chi connectivity index (χ3n) is 15.6. The maximum Gasteiger partial charge on any atom is 0.143 e. The van der Waals surface area contributed by atoms with Crippen molar-refractivity contribution in [2.24, 2.45) is 59.2 Å². The predicted molar refractivity (Wildman–Crippen MR) is 194 cm³/mol. The molecule has 0 aliphatic heterocycles. The highest BCUT2D eigenvalue weighted by Gasteiger charge is 2.63. The second kappa shape index (κ2) is 10.7. The van der Waals surface area contributed by atoms with Crippen molar-refractivity contribution < 1.29 is 4.42 Å². The number of para-hydroxylation sites is 1. The van der Waals surface area contributed by atoms with E-state index in [1.807, 2.05) is 0 Å². The van der Waals surface area contributed by atoms with E-state index in [0.717, 1.165) is 70.3 Å². The molecule has 0 amide bonds. The van der Waals surface area contributed by atoms with Crippen LogP contribution >= 0.6 is 0 Å². The maximum absolute atomic E-state index is 6.82. The smallest absolute Gasteiger partial charge is 0.143 e. The van der Waals surface area contributed by atoms with Crippen molar-refractivity contribution in [1.29, 1.82) is 0 Å². The summed E-state index contributed by atoms with van der Waals surface area (Å²) in [7, 11) is 0. The minimum Gasteiger partial charge on any atom is -0.455 e. The first-order valence-electron chi connectivity index (χ1n) is 19.7. The van der Waals surface area contributed by atoms with Crippen LogP contribution in [-0.2, 0) is 0 Å². The van der Waals surface area contributed by atoms with Gasteiger partial charge in [0.1, 0.15) is 11.2 Å². The molecule has 6 aliphatic rings. The molecule has 5 aromatic rings. The Morgan fingerprint density at radius 2 is 1.04 bits per heavy atom. The van der Waals surface area contributed by atoms with Crippen LogP contribution < -0.4 is 0 Å². The summed E-state index contributed by atoms with van der Waals surface area (Å²) in [5.41, 5.74) is 6.28. The summed E-state index contributed by atoms with van der Waals surface area (Å²) in [5, 5.41) is 4.92. The van der Waals surface area contributed by atoms with Gasteiger partial charge in [0, 0.05) is 21.7 Å². The molecule has 0 bridgehead atoms. The first-order valence-corrected chi connectivity index (χ1v) is 19.7. The predicted octanol–water partition coefficient (Wildman–Crippen LogP) is 12.8. The second-order valence-corrected chi connectivity index (χ2v) is 17.2. The normalized spacial score (nSPS) is 37.7. The van der Waals surface area contributed by atoms with E-state index in [0.29, 0.717) is 5.92 Å². The lowest BCUT2D eigenvalue weighted by atomic mass is 9.37. The van der Waals surface area contributed by atoms with Gasteiger partial charge in [-0.1, -0.05) is 105 Å². The van der Waals surface area contributed by atoms with Gasteiger partial charge in [-0.05, 0) is 139 Å². The van der Waals surface area contributed by atoms with Gasteiger partial charge in [0.15, 0.2) is 0 Å². The van der Waals surface area contributed by atoms with Gasteiger partial charge in [0.25, 0.3) is 0 Å². The van der Waals surface area contributed by atoms with Gasteiger partial charge in [0.05, 0.1) is 0 Å². The molecule has 6 fully saturated rings. The summed E-state index contributed by atoms with van der Waals surface area (Å²) in [6, 6.07) is 29.8. The van der Waals surface area contributed by atoms with Gasteiger partial charge < -0.3 is 4.42 Å². The Balaban J connectivity index is 1.00. The molecular formula is C46H50O. The molecule has 4 aromatic carbocycles. The van der Waals surface area contributed by atoms with Crippen LogP contribution in [0.3, 0.4) is 0 Å². The highest BCUT2D eigenvalue weighted by atomic mass is 16.3. The van der Waals surface area contributed by atoms with E-state index in [4.69, 9.17) is 4.42 Å². The Kier molecular flexibility index (Phi) is 6.35. The van der Waals surface area contributed by atoms with Gasteiger partial charge in [-0.15, -0.1) is 0 Å². The molecule has 6 saturated carbocycles. The molecule has 0 radical (unpaired) electrons. The van der Waals surface area contributed by atoms with Crippen LogP contribution in [0.2, 0.25) is 0 Å². The number of hydrogen-bond donors (Lipinski definition) is 0. The number of rotatable bonds is 2. The molecule has 1 heterocycles. The third kappa shape index (κ3) is 4.07. The van der Waals surface area contributed by atoms with Crippen LogP contribution in [0.4, 0.5) is 0 Å². The van der Waals surface area contributed by atoms with Crippen LogP contribution in [0.15, 0.2) is 83.3 Å². The molecule has 6 aliphatic carbocycles. The summed E-state index contributed by atoms with van der Waals surface area (Å²) < 4.78 is 6.82. The van der Waals surface area contributed by atoms with E-state index in [1.54, 1.807) is 37.7 Å². The minimum atomic E-state index is 0.710. The van der Waals surface area contributed by atoms with Crippen LogP contribution in [0.1, 0.15) is 95.0 Å². The number of hydrogen-bond acceptors (Lipinski definition) is 1. The van der Waals surface area contributed by atoms with Crippen LogP contribution in [0, 0.1) is 59.2 Å². The fourth-order valence-corrected chi connectivity index (χ4v) is 14.2. The van der Waals surface area contributed by atoms with Gasteiger partial charge in [0.2, 0.25) is 0 Å². The molecule has 8 atom stereocenters. The average molecular weight is 619 g/mol. The fourth-order valence-electron chi connectivity index (χ4n) is 14.2. The third-order valence-corrected chi connectivity index (χ3v) is 15.6. The molecular weight excluding hydrogens is 569 g/mol. The van der Waals surface area contributed by atoms with Crippen LogP contribution in [0.5, 0.6) is 0 Å². The van der Waals surface area contributed by atoms with E-state index in [-0.39, 0.29) is 0 Å². The van der Waals surface area contributed by atoms with Crippen molar-refractivity contribution in [3.05, 3.63) is 84.4 Å². The Morgan fingerprint density at radius 1 is 0.447 bits per heavy atom. The average Bonchev–Trinajstić information content (AvgIpc) is 3.54. The topological polar surface area (TPSA) is 13.1 Å². The Morgan fingerprint density at radius 3 is 1.79 bits per heavy atom. The summed E-state index contributed by atoms with van der Waals surface area (Å²) in [5.74, 6) is 11.1. The van der Waals surface area contributed by atoms with Crippen molar-refractivity contribution in [3.8, 4) is 11.1 Å². The lowest BCUT2D eigenvalue weighted by Gasteiger charge is -2.68. The number of fused-ring (bicyclic) bond motifs is 11. The highest BCUT2D eigenvalue weighted by molar-refractivity contribution is 6.17. The molecule has 0 N–H and O–H groups in total. The monoisotopic (exact) mass is 618 g/mol. The van der Waals surface area contributed by atoms with Crippen LogP contribution in [-0.4, -0.2) is 0 Å². The fraction of sp³-hybridized carbons (Fsp3) is 0.522. The van der Waals surface area contributed by atoms with Gasteiger partial charge >= 0.3 is 0 Å². The summed E-state index contributed by atoms with van der Waals surface area (Å²) >= 11 is 0. The number of benzene rings is 4. The zero-order chi connectivity index (χ0) is 30.6. The second-order valence-electron chi connectivity index (χ2n) is 17.2. The first kappa shape index (κ1) is 27.8. The van der Waals surface area contributed by atoms with Gasteiger partial charge in [-0.2, -0.15) is 0 Å². The Hall–Kier alpha value is -3.06. The van der Waals surface area contributed by atoms with E-state index in [1.165, 1.54) is 84.0 Å². The number of furan rings is 1. The zero-order valence-corrected chi connectivity index (χ0v) is 28.0. The van der Waals surface area contributed by atoms with E-state index in [9.17, 15) is 0 Å². The molecule has 47 heavy (non-hydrogen) atoms. The molecule has 1 aromatic heterocycles. The van der Waals surface area contributed by atoms with Gasteiger partial charge in [-0.3, -0.25) is 0 Å². The van der Waals surface area contributed by atoms with Gasteiger partial charge in [-0.25, -0.2) is 0 Å². The molecule has 8 unspecified atom stereocenters. The van der Waals surface area contributed by atoms with Crippen molar-refractivity contribution in [3.63, 3.8) is 0 Å². The molecule has 240 valence electrons. The quantitative estimate of drug-likeness (QED) is 0.192. The summed E-state index contributed by atoms with van der Waals surface area (Å²) in [6.07, 6.45) is 19.8. The molecule has 0 saturated heterocycles. The minimum absolute atomic E-state index is 0.710. The lowest BCUT2D eigenvalue weighted by molar-refractivity contribution is -0.189. The van der Waals surface area contributed by atoms with Crippen LogP contribution in [0.25, 0.3) is 43.8 Å². The van der Waals surface area contributed by atoms with E-state index >= 15 is 0 Å². The summed E-state index contributed by atoms with van der Waals surface area (Å²) in [4.78, 5) is 0. The zero-order valence-electron chi connectivity index (χ0n) is 28.0. The van der Waals surface area contributed by atoms with Crippen molar-refractivity contribution >= 4 is 32.7 Å². The Labute approximate surface area is 280 Å².